The minimum absolute atomic E-state index is 0.0329. The van der Waals surface area contributed by atoms with Gasteiger partial charge in [0.1, 0.15) is 17.9 Å². The van der Waals surface area contributed by atoms with Gasteiger partial charge in [0.15, 0.2) is 5.76 Å². The molecule has 1 aromatic carbocycles. The van der Waals surface area contributed by atoms with Crippen LogP contribution in [0.25, 0.3) is 0 Å². The van der Waals surface area contributed by atoms with Crippen molar-refractivity contribution >= 4 is 11.7 Å². The predicted octanol–water partition coefficient (Wildman–Crippen LogP) is 1.08. The van der Waals surface area contributed by atoms with Gasteiger partial charge in [0, 0.05) is 6.07 Å². The Morgan fingerprint density at radius 1 is 1.39 bits per heavy atom. The van der Waals surface area contributed by atoms with E-state index < -0.39 is 29.8 Å². The molecule has 1 aromatic heterocycles. The fourth-order valence-corrected chi connectivity index (χ4v) is 2.99. The molecular weight excluding hydrogens is 372 g/mol. The molecule has 1 unspecified atom stereocenters. The van der Waals surface area contributed by atoms with Crippen molar-refractivity contribution in [2.24, 2.45) is 5.73 Å². The molecule has 0 aliphatic carbocycles. The van der Waals surface area contributed by atoms with E-state index in [9.17, 15) is 25.1 Å². The molecule has 1 aliphatic heterocycles. The first-order valence-corrected chi connectivity index (χ1v) is 8.26. The van der Waals surface area contributed by atoms with Crippen LogP contribution in [0.3, 0.4) is 0 Å². The Bertz CT molecular complexity index is 995. The topological polar surface area (TPSA) is 159 Å². The molecule has 0 saturated heterocycles. The number of carbonyl (C=O) groups excluding carboxylic acids is 1. The third kappa shape index (κ3) is 3.31. The van der Waals surface area contributed by atoms with Crippen molar-refractivity contribution in [1.29, 1.82) is 0 Å². The number of ether oxygens (including phenoxy) is 2. The summed E-state index contributed by atoms with van der Waals surface area (Å²) < 4.78 is 15.9. The molecular formula is C18H17N2O8-. The number of nitrogens with zero attached hydrogens (tertiary/aromatic N) is 1. The molecule has 0 amide bonds. The van der Waals surface area contributed by atoms with E-state index in [1.54, 1.807) is 13.0 Å². The fraction of sp³-hybridized carbons (Fsp3) is 0.222. The highest BCUT2D eigenvalue weighted by molar-refractivity contribution is 5.93. The third-order valence-corrected chi connectivity index (χ3v) is 4.11. The average Bonchev–Trinajstić information content (AvgIpc) is 2.67. The van der Waals surface area contributed by atoms with E-state index in [2.05, 4.69) is 0 Å². The molecule has 1 atom stereocenters. The maximum Gasteiger partial charge on any atom is 0.340 e. The Kier molecular flexibility index (Phi) is 5.36. The number of rotatable bonds is 5. The molecule has 1 aliphatic rings. The highest BCUT2D eigenvalue weighted by Gasteiger charge is 2.40. The monoisotopic (exact) mass is 389 g/mol. The van der Waals surface area contributed by atoms with Gasteiger partial charge in [-0.15, -0.1) is 0 Å². The molecule has 0 radical (unpaired) electrons. The summed E-state index contributed by atoms with van der Waals surface area (Å²) in [6.45, 7) is 1.04. The number of benzene rings is 1. The van der Waals surface area contributed by atoms with Crippen LogP contribution >= 0.6 is 0 Å². The number of esters is 1. The SMILES string of the molecule is CCOC(=O)C1=C(N)Oc2c(oc(CO)cc2=O)C1c1ccccc1N([O-])O. The summed E-state index contributed by atoms with van der Waals surface area (Å²) in [6, 6.07) is 6.84. The molecule has 10 nitrogen and oxygen atoms in total. The quantitative estimate of drug-likeness (QED) is 0.499. The second kappa shape index (κ2) is 7.72. The van der Waals surface area contributed by atoms with E-state index in [-0.39, 0.29) is 45.9 Å². The number of anilines is 1. The number of aliphatic hydroxyl groups excluding tert-OH is 1. The molecule has 3 rings (SSSR count). The zero-order valence-electron chi connectivity index (χ0n) is 14.7. The lowest BCUT2D eigenvalue weighted by Crippen LogP contribution is -2.30. The summed E-state index contributed by atoms with van der Waals surface area (Å²) in [5.41, 5.74) is 4.96. The summed E-state index contributed by atoms with van der Waals surface area (Å²) >= 11 is 0. The first-order valence-electron chi connectivity index (χ1n) is 8.26. The smallest absolute Gasteiger partial charge is 0.340 e. The van der Waals surface area contributed by atoms with Gasteiger partial charge in [-0.05, 0) is 18.6 Å². The van der Waals surface area contributed by atoms with Crippen molar-refractivity contribution in [3.8, 4) is 5.75 Å². The van der Waals surface area contributed by atoms with E-state index >= 15 is 0 Å². The lowest BCUT2D eigenvalue weighted by atomic mass is 9.85. The molecule has 4 N–H and O–H groups in total. The minimum atomic E-state index is -1.19. The number of para-hydroxylation sites is 1. The van der Waals surface area contributed by atoms with Crippen LogP contribution in [0.2, 0.25) is 0 Å². The van der Waals surface area contributed by atoms with Crippen molar-refractivity contribution in [3.05, 3.63) is 74.3 Å². The van der Waals surface area contributed by atoms with E-state index in [4.69, 9.17) is 19.6 Å². The lowest BCUT2D eigenvalue weighted by molar-refractivity contribution is -0.139. The third-order valence-electron chi connectivity index (χ3n) is 4.11. The number of nitrogens with two attached hydrogens (primary N) is 1. The van der Waals surface area contributed by atoms with E-state index in [1.165, 1.54) is 18.2 Å². The van der Waals surface area contributed by atoms with Crippen molar-refractivity contribution < 1.29 is 29.0 Å². The van der Waals surface area contributed by atoms with Gasteiger partial charge >= 0.3 is 5.97 Å². The molecule has 148 valence electrons. The highest BCUT2D eigenvalue weighted by atomic mass is 16.8. The molecule has 0 fully saturated rings. The maximum absolute atomic E-state index is 12.6. The van der Waals surface area contributed by atoms with Crippen molar-refractivity contribution in [3.63, 3.8) is 0 Å². The highest BCUT2D eigenvalue weighted by Crippen LogP contribution is 2.44. The number of hydrogen-bond acceptors (Lipinski definition) is 10. The second-order valence-electron chi connectivity index (χ2n) is 5.79. The van der Waals surface area contributed by atoms with E-state index in [1.807, 2.05) is 0 Å². The Labute approximate surface area is 158 Å². The molecule has 2 aromatic rings. The largest absolute Gasteiger partial charge is 0.733 e. The number of fused-ring (bicyclic) bond motifs is 1. The van der Waals surface area contributed by atoms with Gasteiger partial charge in [0.05, 0.1) is 18.2 Å². The first-order chi connectivity index (χ1) is 13.4. The Morgan fingerprint density at radius 2 is 2.11 bits per heavy atom. The van der Waals surface area contributed by atoms with Crippen LogP contribution < -0.4 is 21.1 Å². The minimum Gasteiger partial charge on any atom is -0.733 e. The summed E-state index contributed by atoms with van der Waals surface area (Å²) in [6.07, 6.45) is 0. The zero-order chi connectivity index (χ0) is 20.4. The Balaban J connectivity index is 2.33. The van der Waals surface area contributed by atoms with Gasteiger partial charge < -0.3 is 35.2 Å². The second-order valence-corrected chi connectivity index (χ2v) is 5.79. The molecule has 10 heteroatoms. The molecule has 0 spiro atoms. The Hall–Kier alpha value is -3.34. The standard InChI is InChI=1S/C18H17N2O8/c1-2-26-18(23)14-13(10-5-3-4-6-11(10)20(24)25)16-15(28-17(14)19)12(22)7-9(8-21)27-16/h3-7,13,21,24H,2,8,19H2,1H3/q-1. The van der Waals surface area contributed by atoms with Gasteiger partial charge in [-0.1, -0.05) is 18.2 Å². The number of carbonyl (C=O) groups is 1. The predicted molar refractivity (Wildman–Crippen MR) is 95.3 cm³/mol. The van der Waals surface area contributed by atoms with Crippen LogP contribution in [-0.2, 0) is 16.1 Å². The zero-order valence-corrected chi connectivity index (χ0v) is 14.7. The molecule has 0 bridgehead atoms. The van der Waals surface area contributed by atoms with E-state index in [0.717, 1.165) is 6.07 Å². The van der Waals surface area contributed by atoms with Gasteiger partial charge in [-0.2, -0.15) is 0 Å². The van der Waals surface area contributed by atoms with Gasteiger partial charge in [0.2, 0.25) is 17.1 Å². The van der Waals surface area contributed by atoms with Crippen LogP contribution in [0, 0.1) is 5.21 Å². The first kappa shape index (κ1) is 19.4. The lowest BCUT2D eigenvalue weighted by Gasteiger charge is -2.31. The van der Waals surface area contributed by atoms with Crippen LogP contribution in [-0.4, -0.2) is 22.9 Å². The summed E-state index contributed by atoms with van der Waals surface area (Å²) in [4.78, 5) is 24.9. The molecule has 2 heterocycles. The van der Waals surface area contributed by atoms with Crippen LogP contribution in [0.5, 0.6) is 5.75 Å². The van der Waals surface area contributed by atoms with Gasteiger partial charge in [-0.3, -0.25) is 10.0 Å². The van der Waals surface area contributed by atoms with Crippen LogP contribution in [0.1, 0.15) is 29.9 Å². The summed E-state index contributed by atoms with van der Waals surface area (Å²) in [5.74, 6) is -2.97. The maximum atomic E-state index is 12.6. The van der Waals surface area contributed by atoms with Crippen LogP contribution in [0.4, 0.5) is 5.69 Å². The van der Waals surface area contributed by atoms with Gasteiger partial charge in [0.25, 0.3) is 0 Å². The summed E-state index contributed by atoms with van der Waals surface area (Å²) in [7, 11) is 0. The number of aliphatic hydroxyl groups is 1. The average molecular weight is 389 g/mol. The number of hydrogen-bond donors (Lipinski definition) is 3. The van der Waals surface area contributed by atoms with E-state index in [0.29, 0.717) is 0 Å². The fourth-order valence-electron chi connectivity index (χ4n) is 2.99. The van der Waals surface area contributed by atoms with Crippen molar-refractivity contribution in [2.45, 2.75) is 19.4 Å². The van der Waals surface area contributed by atoms with Crippen molar-refractivity contribution in [1.82, 2.24) is 0 Å². The van der Waals surface area contributed by atoms with Crippen molar-refractivity contribution in [2.75, 3.05) is 11.8 Å². The summed E-state index contributed by atoms with van der Waals surface area (Å²) in [5, 5.41) is 30.1. The molecule has 0 saturated carbocycles. The van der Waals surface area contributed by atoms with Gasteiger partial charge in [-0.25, -0.2) is 4.79 Å². The van der Waals surface area contributed by atoms with Crippen LogP contribution in [0.15, 0.2) is 51.0 Å². The molecule has 28 heavy (non-hydrogen) atoms. The normalized spacial score (nSPS) is 15.6. The Morgan fingerprint density at radius 3 is 2.75 bits per heavy atom.